The molecule has 2 saturated heterocycles. The van der Waals surface area contributed by atoms with Gasteiger partial charge < -0.3 is 15.3 Å². The van der Waals surface area contributed by atoms with Gasteiger partial charge in [0.1, 0.15) is 0 Å². The fourth-order valence-electron chi connectivity index (χ4n) is 3.58. The zero-order chi connectivity index (χ0) is 20.1. The van der Waals surface area contributed by atoms with E-state index < -0.39 is 11.6 Å². The molecular formula is C23H25FN4O. The second-order valence-corrected chi connectivity index (χ2v) is 7.34. The standard InChI is InChI=1S/C23H25FN4O/c24-22-16-19(15-20(23(22)29)17-26-28-13-9-25-10-14-28)4-3-18-5-7-21(8-6-18)27-11-1-2-12-27/h5-8,15-17,25,29H,1-2,9-14H2/b26-17+. The molecule has 0 saturated carbocycles. The molecule has 0 atom stereocenters. The molecule has 2 aliphatic heterocycles. The Balaban J connectivity index is 1.50. The van der Waals surface area contributed by atoms with Crippen LogP contribution in [-0.4, -0.2) is 55.6 Å². The molecule has 2 aliphatic rings. The average Bonchev–Trinajstić information content (AvgIpc) is 3.29. The molecular weight excluding hydrogens is 367 g/mol. The van der Waals surface area contributed by atoms with Crippen LogP contribution in [0.25, 0.3) is 0 Å². The Bertz CT molecular complexity index is 934. The normalized spacial score (nSPS) is 16.9. The molecule has 2 heterocycles. The fourth-order valence-corrected chi connectivity index (χ4v) is 3.58. The molecule has 0 aromatic heterocycles. The molecule has 0 aliphatic carbocycles. The lowest BCUT2D eigenvalue weighted by Gasteiger charge is -2.24. The molecule has 0 radical (unpaired) electrons. The highest BCUT2D eigenvalue weighted by Gasteiger charge is 2.12. The van der Waals surface area contributed by atoms with Gasteiger partial charge in [0.25, 0.3) is 0 Å². The molecule has 29 heavy (non-hydrogen) atoms. The molecule has 4 rings (SSSR count). The molecule has 2 aromatic rings. The van der Waals surface area contributed by atoms with E-state index in [2.05, 4.69) is 39.3 Å². The summed E-state index contributed by atoms with van der Waals surface area (Å²) in [5.41, 5.74) is 2.93. The minimum Gasteiger partial charge on any atom is -0.504 e. The number of phenolic OH excluding ortho intramolecular Hbond substituents is 1. The first-order valence-corrected chi connectivity index (χ1v) is 10.1. The minimum absolute atomic E-state index is 0.331. The number of hydrogen-bond donors (Lipinski definition) is 2. The van der Waals surface area contributed by atoms with Crippen molar-refractivity contribution in [3.05, 3.63) is 58.9 Å². The molecule has 0 bridgehead atoms. The van der Waals surface area contributed by atoms with Crippen molar-refractivity contribution in [2.24, 2.45) is 5.10 Å². The first-order valence-electron chi connectivity index (χ1n) is 10.1. The molecule has 0 spiro atoms. The van der Waals surface area contributed by atoms with Crippen molar-refractivity contribution in [3.8, 4) is 17.6 Å². The second-order valence-electron chi connectivity index (χ2n) is 7.34. The van der Waals surface area contributed by atoms with Gasteiger partial charge in [-0.15, -0.1) is 0 Å². The third kappa shape index (κ3) is 4.87. The quantitative estimate of drug-likeness (QED) is 0.623. The number of rotatable bonds is 3. The lowest BCUT2D eigenvalue weighted by molar-refractivity contribution is 0.253. The number of nitrogens with zero attached hydrogens (tertiary/aromatic N) is 3. The summed E-state index contributed by atoms with van der Waals surface area (Å²) in [4.78, 5) is 2.37. The van der Waals surface area contributed by atoms with E-state index in [0.29, 0.717) is 11.1 Å². The first-order chi connectivity index (χ1) is 14.2. The van der Waals surface area contributed by atoms with Gasteiger partial charge in [-0.1, -0.05) is 11.8 Å². The van der Waals surface area contributed by atoms with Gasteiger partial charge in [0, 0.05) is 61.6 Å². The van der Waals surface area contributed by atoms with Crippen LogP contribution >= 0.6 is 0 Å². The van der Waals surface area contributed by atoms with E-state index in [1.807, 2.05) is 17.1 Å². The van der Waals surface area contributed by atoms with E-state index in [1.54, 1.807) is 6.07 Å². The van der Waals surface area contributed by atoms with E-state index in [9.17, 15) is 9.50 Å². The molecule has 0 amide bonds. The van der Waals surface area contributed by atoms with Crippen molar-refractivity contribution in [2.75, 3.05) is 44.2 Å². The van der Waals surface area contributed by atoms with Crippen molar-refractivity contribution in [2.45, 2.75) is 12.8 Å². The Morgan fingerprint density at radius 2 is 1.66 bits per heavy atom. The van der Waals surface area contributed by atoms with Crippen LogP contribution in [0.1, 0.15) is 29.5 Å². The SMILES string of the molecule is Oc1c(F)cc(C#Cc2ccc(N3CCCC3)cc2)cc1/C=N/N1CCNCC1. The van der Waals surface area contributed by atoms with Crippen molar-refractivity contribution < 1.29 is 9.50 Å². The van der Waals surface area contributed by atoms with E-state index in [-0.39, 0.29) is 0 Å². The molecule has 2 aromatic carbocycles. The van der Waals surface area contributed by atoms with Crippen molar-refractivity contribution in [1.82, 2.24) is 10.3 Å². The summed E-state index contributed by atoms with van der Waals surface area (Å²) in [6.07, 6.45) is 3.99. The molecule has 6 heteroatoms. The number of phenols is 1. The topological polar surface area (TPSA) is 51.1 Å². The minimum atomic E-state index is -0.692. The van der Waals surface area contributed by atoms with Gasteiger partial charge in [-0.2, -0.15) is 5.10 Å². The summed E-state index contributed by atoms with van der Waals surface area (Å²) in [5.74, 6) is 4.98. The number of nitrogens with one attached hydrogen (secondary N) is 1. The van der Waals surface area contributed by atoms with Crippen LogP contribution in [0.2, 0.25) is 0 Å². The van der Waals surface area contributed by atoms with Crippen LogP contribution in [0.3, 0.4) is 0 Å². The van der Waals surface area contributed by atoms with Crippen LogP contribution < -0.4 is 10.2 Å². The fraction of sp³-hybridized carbons (Fsp3) is 0.348. The Labute approximate surface area is 170 Å². The zero-order valence-electron chi connectivity index (χ0n) is 16.4. The number of anilines is 1. The monoisotopic (exact) mass is 392 g/mol. The number of benzene rings is 2. The highest BCUT2D eigenvalue weighted by molar-refractivity contribution is 5.84. The summed E-state index contributed by atoms with van der Waals surface area (Å²) >= 11 is 0. The Morgan fingerprint density at radius 1 is 0.966 bits per heavy atom. The number of aromatic hydroxyl groups is 1. The Kier molecular flexibility index (Phi) is 5.97. The van der Waals surface area contributed by atoms with E-state index >= 15 is 0 Å². The highest BCUT2D eigenvalue weighted by Crippen LogP contribution is 2.22. The van der Waals surface area contributed by atoms with E-state index in [4.69, 9.17) is 0 Å². The first kappa shape index (κ1) is 19.3. The van der Waals surface area contributed by atoms with Gasteiger partial charge in [0.15, 0.2) is 11.6 Å². The molecule has 0 unspecified atom stereocenters. The lowest BCUT2D eigenvalue weighted by Crippen LogP contribution is -2.40. The maximum atomic E-state index is 14.1. The van der Waals surface area contributed by atoms with Crippen LogP contribution in [-0.2, 0) is 0 Å². The summed E-state index contributed by atoms with van der Waals surface area (Å²) in [6, 6.07) is 11.1. The van der Waals surface area contributed by atoms with Gasteiger partial charge in [0.2, 0.25) is 0 Å². The van der Waals surface area contributed by atoms with Gasteiger partial charge in [-0.05, 0) is 49.2 Å². The summed E-state index contributed by atoms with van der Waals surface area (Å²) in [7, 11) is 0. The van der Waals surface area contributed by atoms with E-state index in [1.165, 1.54) is 30.8 Å². The molecule has 2 fully saturated rings. The average molecular weight is 392 g/mol. The number of halogens is 1. The lowest BCUT2D eigenvalue weighted by atomic mass is 10.1. The highest BCUT2D eigenvalue weighted by atomic mass is 19.1. The van der Waals surface area contributed by atoms with Gasteiger partial charge in [-0.25, -0.2) is 4.39 Å². The predicted octanol–water partition coefficient (Wildman–Crippen LogP) is 2.77. The smallest absolute Gasteiger partial charge is 0.166 e. The number of hydrogen-bond acceptors (Lipinski definition) is 5. The third-order valence-electron chi connectivity index (χ3n) is 5.24. The third-order valence-corrected chi connectivity index (χ3v) is 5.24. The van der Waals surface area contributed by atoms with Crippen LogP contribution in [0.15, 0.2) is 41.5 Å². The van der Waals surface area contributed by atoms with Gasteiger partial charge in [0.05, 0.1) is 6.21 Å². The largest absolute Gasteiger partial charge is 0.504 e. The van der Waals surface area contributed by atoms with Crippen LogP contribution in [0, 0.1) is 17.7 Å². The number of piperazine rings is 1. The molecule has 5 nitrogen and oxygen atoms in total. The Morgan fingerprint density at radius 3 is 2.38 bits per heavy atom. The maximum absolute atomic E-state index is 14.1. The predicted molar refractivity (Wildman–Crippen MR) is 114 cm³/mol. The van der Waals surface area contributed by atoms with Gasteiger partial charge >= 0.3 is 0 Å². The summed E-state index contributed by atoms with van der Waals surface area (Å²) in [5, 5.41) is 19.5. The maximum Gasteiger partial charge on any atom is 0.166 e. The van der Waals surface area contributed by atoms with Gasteiger partial charge in [-0.3, -0.25) is 5.01 Å². The van der Waals surface area contributed by atoms with Crippen molar-refractivity contribution in [3.63, 3.8) is 0 Å². The van der Waals surface area contributed by atoms with Crippen molar-refractivity contribution in [1.29, 1.82) is 0 Å². The Hall–Kier alpha value is -3.04. The van der Waals surface area contributed by atoms with Crippen molar-refractivity contribution >= 4 is 11.9 Å². The molecule has 150 valence electrons. The summed E-state index contributed by atoms with van der Waals surface area (Å²) < 4.78 is 14.1. The second kappa shape index (κ2) is 8.97. The van der Waals surface area contributed by atoms with Crippen LogP contribution in [0.4, 0.5) is 10.1 Å². The summed E-state index contributed by atoms with van der Waals surface area (Å²) in [6.45, 7) is 5.50. The number of hydrazone groups is 1. The van der Waals surface area contributed by atoms with Crippen LogP contribution in [0.5, 0.6) is 5.75 Å². The zero-order valence-corrected chi connectivity index (χ0v) is 16.4. The molecule has 2 N–H and O–H groups in total. The van der Waals surface area contributed by atoms with E-state index in [0.717, 1.165) is 44.8 Å².